The minimum Gasteiger partial charge on any atom is -0.451 e. The molecule has 0 bridgehead atoms. The van der Waals surface area contributed by atoms with Crippen LogP contribution in [0.1, 0.15) is 59.3 Å². The molecule has 2 heterocycles. The smallest absolute Gasteiger partial charge is 0.247 e. The molecule has 4 nitrogen and oxygen atoms in total. The van der Waals surface area contributed by atoms with Crippen LogP contribution < -0.4 is 0 Å². The molecule has 0 fully saturated rings. The summed E-state index contributed by atoms with van der Waals surface area (Å²) >= 11 is 0. The van der Waals surface area contributed by atoms with E-state index in [1.807, 2.05) is 13.8 Å². The second-order valence-electron chi connectivity index (χ2n) is 6.37. The van der Waals surface area contributed by atoms with E-state index in [9.17, 15) is 5.11 Å². The van der Waals surface area contributed by atoms with Gasteiger partial charge in [-0.2, -0.15) is 0 Å². The first-order valence-electron chi connectivity index (χ1n) is 8.05. The molecule has 0 aromatic heterocycles. The third-order valence-corrected chi connectivity index (χ3v) is 4.01. The summed E-state index contributed by atoms with van der Waals surface area (Å²) in [5.74, 6) is 1.20. The average molecular weight is 283 g/mol. The average Bonchev–Trinajstić information content (AvgIpc) is 2.87. The summed E-state index contributed by atoms with van der Waals surface area (Å²) in [4.78, 5) is 2.24. The summed E-state index contributed by atoms with van der Waals surface area (Å²) in [5.41, 5.74) is 0. The molecular formula is C16H29NO3. The summed E-state index contributed by atoms with van der Waals surface area (Å²) in [5, 5.41) is 9.47. The molecule has 0 saturated carbocycles. The fourth-order valence-corrected chi connectivity index (χ4v) is 2.94. The number of aliphatic hydroxyl groups excluding tert-OH is 1. The second kappa shape index (κ2) is 6.70. The number of ether oxygens (including phenoxy) is 2. The third kappa shape index (κ3) is 3.60. The van der Waals surface area contributed by atoms with E-state index in [1.54, 1.807) is 0 Å². The molecule has 0 amide bonds. The fraction of sp³-hybridized carbons (Fsp3) is 0.875. The third-order valence-electron chi connectivity index (χ3n) is 4.01. The van der Waals surface area contributed by atoms with Gasteiger partial charge in [0.1, 0.15) is 0 Å². The summed E-state index contributed by atoms with van der Waals surface area (Å²) < 4.78 is 11.7. The lowest BCUT2D eigenvalue weighted by molar-refractivity contribution is -0.146. The molecule has 1 N–H and O–H groups in total. The molecule has 0 aromatic carbocycles. The van der Waals surface area contributed by atoms with Crippen LogP contribution in [0.3, 0.4) is 0 Å². The van der Waals surface area contributed by atoms with E-state index in [1.165, 1.54) is 38.5 Å². The van der Waals surface area contributed by atoms with Gasteiger partial charge in [-0.1, -0.05) is 39.0 Å². The molecule has 0 unspecified atom stereocenters. The molecular weight excluding hydrogens is 254 g/mol. The highest BCUT2D eigenvalue weighted by Gasteiger charge is 2.45. The molecule has 1 atom stereocenters. The van der Waals surface area contributed by atoms with Crippen LogP contribution in [0.2, 0.25) is 0 Å². The van der Waals surface area contributed by atoms with E-state index < -0.39 is 5.79 Å². The van der Waals surface area contributed by atoms with Crippen LogP contribution in [-0.4, -0.2) is 35.5 Å². The molecule has 0 aromatic rings. The van der Waals surface area contributed by atoms with Crippen molar-refractivity contribution in [2.75, 3.05) is 19.7 Å². The van der Waals surface area contributed by atoms with Crippen LogP contribution >= 0.6 is 0 Å². The molecule has 116 valence electrons. The minimum atomic E-state index is -0.585. The standard InChI is InChI=1S/C16H29NO3/c1-4-5-6-7-8-9-10-17-11-13(12-18)14-15(17)20-16(2,3)19-14/h13,18H,4-12H2,1-3H3/t13-/m1/s1. The van der Waals surface area contributed by atoms with Crippen LogP contribution in [0.15, 0.2) is 11.6 Å². The van der Waals surface area contributed by atoms with Crippen molar-refractivity contribution < 1.29 is 14.6 Å². The molecule has 0 spiro atoms. The lowest BCUT2D eigenvalue weighted by atomic mass is 10.1. The number of hydrogen-bond acceptors (Lipinski definition) is 4. The number of unbranched alkanes of at least 4 members (excludes halogenated alkanes) is 5. The van der Waals surface area contributed by atoms with Crippen molar-refractivity contribution in [2.45, 2.75) is 65.1 Å². The van der Waals surface area contributed by atoms with Crippen LogP contribution in [0.5, 0.6) is 0 Å². The number of rotatable bonds is 8. The van der Waals surface area contributed by atoms with E-state index in [2.05, 4.69) is 11.8 Å². The van der Waals surface area contributed by atoms with Crippen molar-refractivity contribution in [3.8, 4) is 0 Å². The zero-order chi connectivity index (χ0) is 14.6. The fourth-order valence-electron chi connectivity index (χ4n) is 2.94. The first-order valence-corrected chi connectivity index (χ1v) is 8.05. The molecule has 2 aliphatic heterocycles. The van der Waals surface area contributed by atoms with Crippen molar-refractivity contribution in [3.05, 3.63) is 11.6 Å². The van der Waals surface area contributed by atoms with Crippen molar-refractivity contribution in [3.63, 3.8) is 0 Å². The summed E-state index contributed by atoms with van der Waals surface area (Å²) in [6, 6.07) is 0. The van der Waals surface area contributed by atoms with Crippen molar-refractivity contribution in [2.24, 2.45) is 5.92 Å². The maximum Gasteiger partial charge on any atom is 0.247 e. The Bertz CT molecular complexity index is 352. The number of nitrogens with zero attached hydrogens (tertiary/aromatic N) is 1. The lowest BCUT2D eigenvalue weighted by Gasteiger charge is -2.27. The lowest BCUT2D eigenvalue weighted by Crippen LogP contribution is -2.32. The Kier molecular flexibility index (Phi) is 5.19. The Morgan fingerprint density at radius 1 is 1.15 bits per heavy atom. The van der Waals surface area contributed by atoms with Gasteiger partial charge in [-0.05, 0) is 6.42 Å². The molecule has 20 heavy (non-hydrogen) atoms. The van der Waals surface area contributed by atoms with E-state index in [4.69, 9.17) is 9.47 Å². The van der Waals surface area contributed by atoms with Gasteiger partial charge in [-0.15, -0.1) is 0 Å². The van der Waals surface area contributed by atoms with Crippen molar-refractivity contribution in [1.82, 2.24) is 4.90 Å². The first-order chi connectivity index (χ1) is 9.57. The molecule has 0 aliphatic carbocycles. The summed E-state index contributed by atoms with van der Waals surface area (Å²) in [7, 11) is 0. The van der Waals surface area contributed by atoms with Crippen LogP contribution in [0.4, 0.5) is 0 Å². The predicted octanol–water partition coefficient (Wildman–Crippen LogP) is 3.22. The molecule has 2 rings (SSSR count). The Morgan fingerprint density at radius 3 is 2.55 bits per heavy atom. The normalized spacial score (nSPS) is 23.8. The van der Waals surface area contributed by atoms with Gasteiger partial charge in [-0.3, -0.25) is 0 Å². The maximum atomic E-state index is 9.47. The maximum absolute atomic E-state index is 9.47. The van der Waals surface area contributed by atoms with Gasteiger partial charge in [0.25, 0.3) is 0 Å². The van der Waals surface area contributed by atoms with Gasteiger partial charge in [-0.25, -0.2) is 0 Å². The highest BCUT2D eigenvalue weighted by Crippen LogP contribution is 2.41. The Labute approximate surface area is 122 Å². The van der Waals surface area contributed by atoms with E-state index in [0.29, 0.717) is 0 Å². The zero-order valence-electron chi connectivity index (χ0n) is 13.2. The van der Waals surface area contributed by atoms with Crippen LogP contribution in [0, 0.1) is 5.92 Å². The Hall–Kier alpha value is -0.900. The Morgan fingerprint density at radius 2 is 1.85 bits per heavy atom. The molecule has 2 aliphatic rings. The summed E-state index contributed by atoms with van der Waals surface area (Å²) in [6.45, 7) is 8.04. The van der Waals surface area contributed by atoms with E-state index >= 15 is 0 Å². The molecule has 4 heteroatoms. The quantitative estimate of drug-likeness (QED) is 0.695. The van der Waals surface area contributed by atoms with Crippen molar-refractivity contribution >= 4 is 0 Å². The monoisotopic (exact) mass is 283 g/mol. The summed E-state index contributed by atoms with van der Waals surface area (Å²) in [6.07, 6.45) is 7.75. The van der Waals surface area contributed by atoms with Gasteiger partial charge < -0.3 is 19.5 Å². The van der Waals surface area contributed by atoms with Gasteiger partial charge in [0.2, 0.25) is 11.7 Å². The van der Waals surface area contributed by atoms with Gasteiger partial charge in [0.05, 0.1) is 12.5 Å². The van der Waals surface area contributed by atoms with E-state index in [-0.39, 0.29) is 12.5 Å². The highest BCUT2D eigenvalue weighted by molar-refractivity contribution is 5.17. The highest BCUT2D eigenvalue weighted by atomic mass is 16.7. The second-order valence-corrected chi connectivity index (χ2v) is 6.37. The Balaban J connectivity index is 1.78. The van der Waals surface area contributed by atoms with Crippen LogP contribution in [0.25, 0.3) is 0 Å². The largest absolute Gasteiger partial charge is 0.451 e. The first kappa shape index (κ1) is 15.5. The molecule has 0 radical (unpaired) electrons. The zero-order valence-corrected chi connectivity index (χ0v) is 13.2. The molecule has 0 saturated heterocycles. The van der Waals surface area contributed by atoms with Crippen molar-refractivity contribution in [1.29, 1.82) is 0 Å². The number of aliphatic hydroxyl groups is 1. The number of hydrogen-bond donors (Lipinski definition) is 1. The van der Waals surface area contributed by atoms with Gasteiger partial charge >= 0.3 is 0 Å². The topological polar surface area (TPSA) is 41.9 Å². The van der Waals surface area contributed by atoms with E-state index in [0.717, 1.165) is 24.7 Å². The predicted molar refractivity (Wildman–Crippen MR) is 78.8 cm³/mol. The minimum absolute atomic E-state index is 0.0758. The van der Waals surface area contributed by atoms with Crippen LogP contribution in [-0.2, 0) is 9.47 Å². The van der Waals surface area contributed by atoms with Gasteiger partial charge in [0.15, 0.2) is 5.76 Å². The SMILES string of the molecule is CCCCCCCCN1C[C@H](CO)C2=C1OC(C)(C)O2. The van der Waals surface area contributed by atoms with Gasteiger partial charge in [0, 0.05) is 26.9 Å².